The molecule has 2 fully saturated rings. The minimum absolute atomic E-state index is 0.285. The van der Waals surface area contributed by atoms with Crippen molar-refractivity contribution in [3.8, 4) is 0 Å². The van der Waals surface area contributed by atoms with E-state index in [2.05, 4.69) is 47.6 Å². The molecule has 3 heteroatoms. The summed E-state index contributed by atoms with van der Waals surface area (Å²) in [4.78, 5) is 17.0. The quantitative estimate of drug-likeness (QED) is 0.768. The second kappa shape index (κ2) is 8.41. The van der Waals surface area contributed by atoms with Gasteiger partial charge in [0.1, 0.15) is 0 Å². The van der Waals surface area contributed by atoms with Crippen LogP contribution in [0.3, 0.4) is 0 Å². The number of aromatic nitrogens is 1. The maximum absolute atomic E-state index is 12.5. The smallest absolute Gasteiger partial charge is 0.220 e. The molecule has 4 rings (SSSR count). The summed E-state index contributed by atoms with van der Waals surface area (Å²) in [5.41, 5.74) is 2.54. The van der Waals surface area contributed by atoms with Crippen LogP contribution in [0.2, 0.25) is 0 Å². The summed E-state index contributed by atoms with van der Waals surface area (Å²) in [5, 5.41) is 4.61. The van der Waals surface area contributed by atoms with E-state index in [1.807, 2.05) is 6.20 Å². The average Bonchev–Trinajstić information content (AvgIpc) is 2.70. The van der Waals surface area contributed by atoms with Gasteiger partial charge in [0.05, 0.1) is 5.52 Å². The van der Waals surface area contributed by atoms with Gasteiger partial charge < -0.3 is 5.32 Å². The molecule has 0 saturated heterocycles. The Balaban J connectivity index is 1.29. The summed E-state index contributed by atoms with van der Waals surface area (Å²) in [6, 6.07) is 11.1. The number of nitrogens with zero attached hydrogens (tertiary/aromatic N) is 1. The molecule has 2 aliphatic carbocycles. The lowest BCUT2D eigenvalue weighted by atomic mass is 9.76. The fourth-order valence-corrected chi connectivity index (χ4v) is 5.10. The van der Waals surface area contributed by atoms with Crippen molar-refractivity contribution < 1.29 is 4.79 Å². The third-order valence-electron chi connectivity index (χ3n) is 6.82. The van der Waals surface area contributed by atoms with E-state index in [4.69, 9.17) is 0 Å². The molecule has 2 saturated carbocycles. The first-order valence-electron chi connectivity index (χ1n) is 10.8. The zero-order valence-electron chi connectivity index (χ0n) is 16.5. The summed E-state index contributed by atoms with van der Waals surface area (Å²) in [5.74, 6) is 2.28. The summed E-state index contributed by atoms with van der Waals surface area (Å²) in [6.45, 7) is 2.32. The lowest BCUT2D eigenvalue weighted by Crippen LogP contribution is -2.38. The number of benzene rings is 1. The van der Waals surface area contributed by atoms with Crippen molar-refractivity contribution >= 4 is 16.8 Å². The number of amides is 1. The minimum atomic E-state index is 0.285. The van der Waals surface area contributed by atoms with E-state index in [0.29, 0.717) is 17.9 Å². The Labute approximate surface area is 163 Å². The van der Waals surface area contributed by atoms with E-state index in [1.54, 1.807) is 0 Å². The number of hydrogen-bond donors (Lipinski definition) is 1. The van der Waals surface area contributed by atoms with E-state index in [0.717, 1.165) is 43.5 Å². The molecule has 0 bridgehead atoms. The topological polar surface area (TPSA) is 42.0 Å². The second-order valence-corrected chi connectivity index (χ2v) is 8.86. The predicted octanol–water partition coefficient (Wildman–Crippen LogP) is 5.59. The molecule has 1 amide bonds. The van der Waals surface area contributed by atoms with Crippen LogP contribution in [-0.4, -0.2) is 16.9 Å². The lowest BCUT2D eigenvalue weighted by molar-refractivity contribution is -0.123. The molecular formula is C24H32N2O. The van der Waals surface area contributed by atoms with Crippen molar-refractivity contribution in [3.05, 3.63) is 42.1 Å². The standard InChI is InChI=1S/C24H32N2O/c1-17-6-12-20(13-7-17)26-24(27)16-18-8-10-19(11-9-18)21-14-15-25-23-5-3-2-4-22(21)23/h2-5,14-15,17-20H,6-13,16H2,1H3,(H,26,27)/t17-,18-,19-,20-. The number of hydrogen-bond acceptors (Lipinski definition) is 2. The number of fused-ring (bicyclic) bond motifs is 1. The van der Waals surface area contributed by atoms with Gasteiger partial charge in [-0.05, 0) is 86.8 Å². The Bertz CT molecular complexity index is 766. The number of carbonyl (C=O) groups excluding carboxylic acids is 1. The second-order valence-electron chi connectivity index (χ2n) is 8.86. The first-order chi connectivity index (χ1) is 13.2. The molecule has 0 atom stereocenters. The summed E-state index contributed by atoms with van der Waals surface area (Å²) < 4.78 is 0. The highest BCUT2D eigenvalue weighted by atomic mass is 16.1. The van der Waals surface area contributed by atoms with Gasteiger partial charge in [-0.25, -0.2) is 0 Å². The zero-order valence-corrected chi connectivity index (χ0v) is 16.5. The van der Waals surface area contributed by atoms with Crippen LogP contribution in [0.15, 0.2) is 36.5 Å². The SMILES string of the molecule is C[C@H]1CC[C@H](NC(=O)C[C@H]2CC[C@H](c3ccnc4ccccc43)CC2)CC1. The Hall–Kier alpha value is -1.90. The molecule has 27 heavy (non-hydrogen) atoms. The van der Waals surface area contributed by atoms with Gasteiger partial charge in [-0.3, -0.25) is 9.78 Å². The number of carbonyl (C=O) groups is 1. The van der Waals surface area contributed by atoms with Gasteiger partial charge >= 0.3 is 0 Å². The van der Waals surface area contributed by atoms with Crippen LogP contribution in [0.5, 0.6) is 0 Å². The lowest BCUT2D eigenvalue weighted by Gasteiger charge is -2.30. The summed E-state index contributed by atoms with van der Waals surface area (Å²) >= 11 is 0. The van der Waals surface area contributed by atoms with Crippen molar-refractivity contribution in [2.75, 3.05) is 0 Å². The third-order valence-corrected chi connectivity index (χ3v) is 6.82. The first kappa shape index (κ1) is 18.5. The Kier molecular flexibility index (Phi) is 5.75. The van der Waals surface area contributed by atoms with Crippen LogP contribution >= 0.6 is 0 Å². The molecule has 2 aliphatic rings. The predicted molar refractivity (Wildman–Crippen MR) is 111 cm³/mol. The van der Waals surface area contributed by atoms with Crippen LogP contribution in [0.25, 0.3) is 10.9 Å². The largest absolute Gasteiger partial charge is 0.353 e. The number of rotatable bonds is 4. The molecule has 3 nitrogen and oxygen atoms in total. The van der Waals surface area contributed by atoms with Crippen molar-refractivity contribution in [2.24, 2.45) is 11.8 Å². The van der Waals surface area contributed by atoms with E-state index in [9.17, 15) is 4.79 Å². The fourth-order valence-electron chi connectivity index (χ4n) is 5.10. The van der Waals surface area contributed by atoms with Gasteiger partial charge in [0.25, 0.3) is 0 Å². The maximum atomic E-state index is 12.5. The molecule has 1 heterocycles. The first-order valence-corrected chi connectivity index (χ1v) is 10.8. The number of para-hydroxylation sites is 1. The molecule has 0 radical (unpaired) electrons. The highest BCUT2D eigenvalue weighted by molar-refractivity contribution is 5.82. The van der Waals surface area contributed by atoms with Crippen LogP contribution in [0.4, 0.5) is 0 Å². The van der Waals surface area contributed by atoms with Crippen LogP contribution < -0.4 is 5.32 Å². The van der Waals surface area contributed by atoms with E-state index in [-0.39, 0.29) is 5.91 Å². The molecule has 1 aromatic heterocycles. The number of pyridine rings is 1. The molecule has 0 unspecified atom stereocenters. The van der Waals surface area contributed by atoms with Crippen molar-refractivity contribution in [1.82, 2.24) is 10.3 Å². The molecular weight excluding hydrogens is 332 g/mol. The monoisotopic (exact) mass is 364 g/mol. The van der Waals surface area contributed by atoms with Gasteiger partial charge in [-0.2, -0.15) is 0 Å². The molecule has 1 N–H and O–H groups in total. The van der Waals surface area contributed by atoms with Gasteiger partial charge in [0, 0.05) is 24.0 Å². The molecule has 0 aliphatic heterocycles. The summed E-state index contributed by atoms with van der Waals surface area (Å²) in [6.07, 6.45) is 12.2. The van der Waals surface area contributed by atoms with Crippen LogP contribution in [-0.2, 0) is 4.79 Å². The van der Waals surface area contributed by atoms with Crippen molar-refractivity contribution in [1.29, 1.82) is 0 Å². The Morgan fingerprint density at radius 2 is 1.74 bits per heavy atom. The minimum Gasteiger partial charge on any atom is -0.353 e. The molecule has 1 aromatic carbocycles. The van der Waals surface area contributed by atoms with E-state index < -0.39 is 0 Å². The van der Waals surface area contributed by atoms with Crippen molar-refractivity contribution in [3.63, 3.8) is 0 Å². The molecule has 2 aromatic rings. The fraction of sp³-hybridized carbons (Fsp3) is 0.583. The Morgan fingerprint density at radius 3 is 2.52 bits per heavy atom. The highest BCUT2D eigenvalue weighted by Gasteiger charge is 2.26. The van der Waals surface area contributed by atoms with Crippen LogP contribution in [0, 0.1) is 11.8 Å². The molecule has 144 valence electrons. The van der Waals surface area contributed by atoms with E-state index in [1.165, 1.54) is 36.6 Å². The van der Waals surface area contributed by atoms with Crippen molar-refractivity contribution in [2.45, 2.75) is 76.7 Å². The number of nitrogens with one attached hydrogen (secondary N) is 1. The van der Waals surface area contributed by atoms with E-state index >= 15 is 0 Å². The van der Waals surface area contributed by atoms with Crippen LogP contribution in [0.1, 0.15) is 76.2 Å². The average molecular weight is 365 g/mol. The third kappa shape index (κ3) is 4.51. The Morgan fingerprint density at radius 1 is 1.00 bits per heavy atom. The maximum Gasteiger partial charge on any atom is 0.220 e. The normalized spacial score (nSPS) is 28.8. The van der Waals surface area contributed by atoms with Gasteiger partial charge in [0.2, 0.25) is 5.91 Å². The van der Waals surface area contributed by atoms with Gasteiger partial charge in [0.15, 0.2) is 0 Å². The molecule has 0 spiro atoms. The van der Waals surface area contributed by atoms with Gasteiger partial charge in [-0.15, -0.1) is 0 Å². The highest BCUT2D eigenvalue weighted by Crippen LogP contribution is 2.39. The van der Waals surface area contributed by atoms with Gasteiger partial charge in [-0.1, -0.05) is 25.1 Å². The zero-order chi connectivity index (χ0) is 18.6. The summed E-state index contributed by atoms with van der Waals surface area (Å²) in [7, 11) is 0.